The van der Waals surface area contributed by atoms with Crippen LogP contribution in [0.5, 0.6) is 0 Å². The number of likely N-dealkylation sites (N-methyl/N-ethyl adjacent to an activating group) is 1. The molecule has 0 spiro atoms. The first-order valence-electron chi connectivity index (χ1n) is 6.61. The molecule has 1 rings (SSSR count). The van der Waals surface area contributed by atoms with Crippen LogP contribution in [0.1, 0.15) is 27.7 Å². The highest BCUT2D eigenvalue weighted by Gasteiger charge is 2.35. The summed E-state index contributed by atoms with van der Waals surface area (Å²) >= 11 is 0. The highest BCUT2D eigenvalue weighted by atomic mass is 16.4. The van der Waals surface area contributed by atoms with E-state index in [4.69, 9.17) is 0 Å². The Morgan fingerprint density at radius 1 is 1.32 bits per heavy atom. The highest BCUT2D eigenvalue weighted by Crippen LogP contribution is 2.20. The molecule has 0 bridgehead atoms. The number of nitrogens with one attached hydrogen (secondary N) is 1. The van der Waals surface area contributed by atoms with E-state index >= 15 is 0 Å². The standard InChI is InChI=1S/C13H25N3O3/c1-9-8-15(5)6-7-16(9)12(19)14-10(11(17)18)13(2,3)4/h9-10H,6-8H2,1-5H3,(H,14,19)(H,17,18). The molecule has 1 heterocycles. The maximum atomic E-state index is 12.2. The molecule has 0 aromatic carbocycles. The van der Waals surface area contributed by atoms with Gasteiger partial charge in [-0.25, -0.2) is 9.59 Å². The molecule has 2 amide bonds. The summed E-state index contributed by atoms with van der Waals surface area (Å²) in [5.41, 5.74) is -0.517. The Morgan fingerprint density at radius 2 is 1.89 bits per heavy atom. The Hall–Kier alpha value is -1.30. The highest BCUT2D eigenvalue weighted by molar-refractivity contribution is 5.83. The van der Waals surface area contributed by atoms with Gasteiger partial charge in [0.05, 0.1) is 0 Å². The summed E-state index contributed by atoms with van der Waals surface area (Å²) in [7, 11) is 2.01. The van der Waals surface area contributed by atoms with Gasteiger partial charge in [-0.15, -0.1) is 0 Å². The van der Waals surface area contributed by atoms with Crippen LogP contribution in [-0.2, 0) is 4.79 Å². The lowest BCUT2D eigenvalue weighted by Crippen LogP contribution is -2.59. The molecule has 1 aliphatic rings. The number of carboxylic acid groups (broad SMARTS) is 1. The van der Waals surface area contributed by atoms with Crippen molar-refractivity contribution in [1.29, 1.82) is 0 Å². The second-order valence-electron chi connectivity index (χ2n) is 6.39. The van der Waals surface area contributed by atoms with Gasteiger partial charge in [0.15, 0.2) is 0 Å². The molecule has 0 radical (unpaired) electrons. The fraction of sp³-hybridized carbons (Fsp3) is 0.846. The number of hydrogen-bond acceptors (Lipinski definition) is 3. The van der Waals surface area contributed by atoms with Crippen molar-refractivity contribution in [2.75, 3.05) is 26.7 Å². The van der Waals surface area contributed by atoms with Gasteiger partial charge in [-0.3, -0.25) is 0 Å². The zero-order chi connectivity index (χ0) is 14.8. The number of nitrogens with zero attached hydrogens (tertiary/aromatic N) is 2. The van der Waals surface area contributed by atoms with Crippen molar-refractivity contribution in [1.82, 2.24) is 15.1 Å². The third-order valence-electron chi connectivity index (χ3n) is 3.47. The zero-order valence-electron chi connectivity index (χ0n) is 12.4. The van der Waals surface area contributed by atoms with Crippen molar-refractivity contribution in [2.24, 2.45) is 5.41 Å². The predicted molar refractivity (Wildman–Crippen MR) is 73.1 cm³/mol. The van der Waals surface area contributed by atoms with E-state index in [0.29, 0.717) is 6.54 Å². The largest absolute Gasteiger partial charge is 0.480 e. The summed E-state index contributed by atoms with van der Waals surface area (Å²) in [6.45, 7) is 9.63. The van der Waals surface area contributed by atoms with Crippen molar-refractivity contribution >= 4 is 12.0 Å². The van der Waals surface area contributed by atoms with Crippen LogP contribution in [0.4, 0.5) is 4.79 Å². The molecule has 19 heavy (non-hydrogen) atoms. The lowest BCUT2D eigenvalue weighted by atomic mass is 9.87. The average Bonchev–Trinajstić information content (AvgIpc) is 2.23. The van der Waals surface area contributed by atoms with E-state index in [2.05, 4.69) is 10.2 Å². The Labute approximate surface area is 114 Å². The van der Waals surface area contributed by atoms with Gasteiger partial charge >= 0.3 is 12.0 Å². The maximum Gasteiger partial charge on any atom is 0.326 e. The van der Waals surface area contributed by atoms with Crippen LogP contribution in [0.15, 0.2) is 0 Å². The van der Waals surface area contributed by atoms with Crippen LogP contribution >= 0.6 is 0 Å². The number of piperazine rings is 1. The average molecular weight is 271 g/mol. The topological polar surface area (TPSA) is 72.9 Å². The Morgan fingerprint density at radius 3 is 2.32 bits per heavy atom. The third-order valence-corrected chi connectivity index (χ3v) is 3.47. The van der Waals surface area contributed by atoms with Gasteiger partial charge < -0.3 is 20.2 Å². The number of hydrogen-bond donors (Lipinski definition) is 2. The molecule has 1 saturated heterocycles. The first-order valence-corrected chi connectivity index (χ1v) is 6.61. The molecule has 110 valence electrons. The molecule has 0 saturated carbocycles. The smallest absolute Gasteiger partial charge is 0.326 e. The van der Waals surface area contributed by atoms with E-state index < -0.39 is 17.4 Å². The number of aliphatic carboxylic acids is 1. The van der Waals surface area contributed by atoms with Crippen molar-refractivity contribution in [3.8, 4) is 0 Å². The Balaban J connectivity index is 2.70. The second kappa shape index (κ2) is 5.77. The molecule has 0 aliphatic carbocycles. The summed E-state index contributed by atoms with van der Waals surface area (Å²) in [4.78, 5) is 27.3. The number of rotatable bonds is 2. The van der Waals surface area contributed by atoms with E-state index in [0.717, 1.165) is 13.1 Å². The normalized spacial score (nSPS) is 23.0. The van der Waals surface area contributed by atoms with Crippen LogP contribution in [0.25, 0.3) is 0 Å². The second-order valence-corrected chi connectivity index (χ2v) is 6.39. The van der Waals surface area contributed by atoms with E-state index in [1.54, 1.807) is 25.7 Å². The summed E-state index contributed by atoms with van der Waals surface area (Å²) in [6, 6.07) is -1.08. The van der Waals surface area contributed by atoms with Crippen LogP contribution in [0.2, 0.25) is 0 Å². The van der Waals surface area contributed by atoms with Crippen molar-refractivity contribution in [2.45, 2.75) is 39.8 Å². The fourth-order valence-electron chi connectivity index (χ4n) is 2.30. The third kappa shape index (κ3) is 4.09. The first kappa shape index (κ1) is 15.8. The number of urea groups is 1. The van der Waals surface area contributed by atoms with Gasteiger partial charge in [-0.1, -0.05) is 20.8 Å². The molecular weight excluding hydrogens is 246 g/mol. The minimum atomic E-state index is -0.998. The van der Waals surface area contributed by atoms with Gasteiger partial charge in [0.25, 0.3) is 0 Å². The minimum absolute atomic E-state index is 0.0909. The van der Waals surface area contributed by atoms with Crippen LogP contribution < -0.4 is 5.32 Å². The molecule has 6 nitrogen and oxygen atoms in total. The van der Waals surface area contributed by atoms with Gasteiger partial charge in [-0.05, 0) is 19.4 Å². The Kier molecular flexibility index (Phi) is 4.79. The first-order chi connectivity index (χ1) is 8.62. The minimum Gasteiger partial charge on any atom is -0.480 e. The summed E-state index contributed by atoms with van der Waals surface area (Å²) in [5, 5.41) is 11.9. The number of amides is 2. The van der Waals surface area contributed by atoms with Gasteiger partial charge in [0, 0.05) is 25.7 Å². The SMILES string of the molecule is CC1CN(C)CCN1C(=O)NC(C(=O)O)C(C)(C)C. The maximum absolute atomic E-state index is 12.2. The van der Waals surface area contributed by atoms with E-state index in [-0.39, 0.29) is 12.1 Å². The van der Waals surface area contributed by atoms with Gasteiger partial charge in [0.1, 0.15) is 6.04 Å². The molecule has 0 aromatic rings. The monoisotopic (exact) mass is 271 g/mol. The van der Waals surface area contributed by atoms with E-state index in [1.165, 1.54) is 0 Å². The quantitative estimate of drug-likeness (QED) is 0.780. The molecule has 1 aliphatic heterocycles. The number of carbonyl (C=O) groups excluding carboxylic acids is 1. The molecular formula is C13H25N3O3. The summed E-state index contributed by atoms with van der Waals surface area (Å²) < 4.78 is 0. The van der Waals surface area contributed by atoms with Crippen molar-refractivity contribution in [3.05, 3.63) is 0 Å². The van der Waals surface area contributed by atoms with Crippen molar-refractivity contribution in [3.63, 3.8) is 0 Å². The van der Waals surface area contributed by atoms with Gasteiger partial charge in [0.2, 0.25) is 0 Å². The van der Waals surface area contributed by atoms with E-state index in [1.807, 2.05) is 14.0 Å². The van der Waals surface area contributed by atoms with Crippen LogP contribution in [-0.4, -0.2) is 65.7 Å². The molecule has 6 heteroatoms. The summed E-state index contributed by atoms with van der Waals surface area (Å²) in [5.74, 6) is -0.998. The van der Waals surface area contributed by atoms with E-state index in [9.17, 15) is 14.7 Å². The number of carbonyl (C=O) groups is 2. The fourth-order valence-corrected chi connectivity index (χ4v) is 2.30. The molecule has 2 N–H and O–H groups in total. The molecule has 0 aromatic heterocycles. The van der Waals surface area contributed by atoms with Gasteiger partial charge in [-0.2, -0.15) is 0 Å². The molecule has 2 atom stereocenters. The Bertz CT molecular complexity index is 352. The predicted octanol–water partition coefficient (Wildman–Crippen LogP) is 0.831. The number of carboxylic acids is 1. The molecule has 1 fully saturated rings. The lowest BCUT2D eigenvalue weighted by molar-refractivity contribution is -0.142. The van der Waals surface area contributed by atoms with Crippen LogP contribution in [0.3, 0.4) is 0 Å². The summed E-state index contributed by atoms with van der Waals surface area (Å²) in [6.07, 6.45) is 0. The zero-order valence-corrected chi connectivity index (χ0v) is 12.4. The van der Waals surface area contributed by atoms with Crippen molar-refractivity contribution < 1.29 is 14.7 Å². The van der Waals surface area contributed by atoms with Crippen LogP contribution in [0, 0.1) is 5.41 Å². The molecule has 2 unspecified atom stereocenters. The lowest BCUT2D eigenvalue weighted by Gasteiger charge is -2.39.